The fraction of sp³-hybridized carbons (Fsp3) is 0.389. The second kappa shape index (κ2) is 7.13. The van der Waals surface area contributed by atoms with E-state index < -0.39 is 5.91 Å². The lowest BCUT2D eigenvalue weighted by molar-refractivity contribution is -0.131. The summed E-state index contributed by atoms with van der Waals surface area (Å²) in [5.74, 6) is -0.136. The third-order valence-electron chi connectivity index (χ3n) is 4.38. The van der Waals surface area contributed by atoms with E-state index in [1.807, 2.05) is 17.9 Å². The summed E-state index contributed by atoms with van der Waals surface area (Å²) in [7, 11) is 0. The molecule has 2 amide bonds. The van der Waals surface area contributed by atoms with Gasteiger partial charge in [-0.25, -0.2) is 4.98 Å². The molecule has 1 aliphatic heterocycles. The number of hydrogen-bond acceptors (Lipinski definition) is 4. The number of rotatable bonds is 4. The number of primary amides is 1. The summed E-state index contributed by atoms with van der Waals surface area (Å²) >= 11 is 1.67. The molecule has 0 radical (unpaired) electrons. The van der Waals surface area contributed by atoms with E-state index in [-0.39, 0.29) is 12.3 Å². The highest BCUT2D eigenvalue weighted by Crippen LogP contribution is 2.29. The zero-order valence-corrected chi connectivity index (χ0v) is 14.5. The van der Waals surface area contributed by atoms with Crippen molar-refractivity contribution in [2.45, 2.75) is 32.1 Å². The molecule has 0 saturated carbocycles. The van der Waals surface area contributed by atoms with Crippen LogP contribution in [0.5, 0.6) is 0 Å². The number of thiazole rings is 1. The zero-order chi connectivity index (χ0) is 17.1. The van der Waals surface area contributed by atoms with Crippen LogP contribution in [0.3, 0.4) is 0 Å². The predicted molar refractivity (Wildman–Crippen MR) is 94.1 cm³/mol. The maximum Gasteiger partial charge on any atom is 0.248 e. The molecule has 2 heterocycles. The van der Waals surface area contributed by atoms with Crippen LogP contribution < -0.4 is 5.73 Å². The Labute approximate surface area is 145 Å². The molecule has 1 atom stereocenters. The van der Waals surface area contributed by atoms with Gasteiger partial charge in [-0.2, -0.15) is 0 Å². The number of aryl methyl sites for hydroxylation is 1. The van der Waals surface area contributed by atoms with Gasteiger partial charge in [0.25, 0.3) is 0 Å². The number of amides is 2. The van der Waals surface area contributed by atoms with Crippen LogP contribution in [0.4, 0.5) is 0 Å². The predicted octanol–water partition coefficient (Wildman–Crippen LogP) is 2.50. The van der Waals surface area contributed by atoms with Gasteiger partial charge in [0.15, 0.2) is 0 Å². The molecule has 24 heavy (non-hydrogen) atoms. The smallest absolute Gasteiger partial charge is 0.248 e. The summed E-state index contributed by atoms with van der Waals surface area (Å²) in [6.07, 6.45) is 2.25. The van der Waals surface area contributed by atoms with Crippen LogP contribution in [0.2, 0.25) is 0 Å². The summed E-state index contributed by atoms with van der Waals surface area (Å²) in [5, 5.41) is 3.17. The molecule has 0 aliphatic carbocycles. The SMILES string of the molecule is Cc1csc([C@H]2CCCN(C(=O)Cc3ccccc3C(N)=O)C2)n1. The third kappa shape index (κ3) is 3.64. The van der Waals surface area contributed by atoms with Gasteiger partial charge in [-0.05, 0) is 31.4 Å². The average molecular weight is 343 g/mol. The first kappa shape index (κ1) is 16.6. The van der Waals surface area contributed by atoms with Gasteiger partial charge in [-0.3, -0.25) is 9.59 Å². The Bertz CT molecular complexity index is 756. The Balaban J connectivity index is 1.70. The van der Waals surface area contributed by atoms with Crippen LogP contribution in [-0.2, 0) is 11.2 Å². The number of aromatic nitrogens is 1. The molecule has 0 bridgehead atoms. The molecule has 1 saturated heterocycles. The van der Waals surface area contributed by atoms with Crippen molar-refractivity contribution in [1.29, 1.82) is 0 Å². The third-order valence-corrected chi connectivity index (χ3v) is 5.51. The van der Waals surface area contributed by atoms with Crippen molar-refractivity contribution < 1.29 is 9.59 Å². The maximum atomic E-state index is 12.7. The quantitative estimate of drug-likeness (QED) is 0.926. The molecule has 5 nitrogen and oxygen atoms in total. The van der Waals surface area contributed by atoms with E-state index >= 15 is 0 Å². The molecule has 2 aromatic rings. The summed E-state index contributed by atoms with van der Waals surface area (Å²) in [6, 6.07) is 7.05. The van der Waals surface area contributed by atoms with E-state index in [1.54, 1.807) is 29.5 Å². The van der Waals surface area contributed by atoms with Crippen LogP contribution >= 0.6 is 11.3 Å². The zero-order valence-electron chi connectivity index (χ0n) is 13.7. The Morgan fingerprint density at radius 3 is 2.88 bits per heavy atom. The van der Waals surface area contributed by atoms with E-state index in [2.05, 4.69) is 10.4 Å². The molecule has 1 aliphatic rings. The maximum absolute atomic E-state index is 12.7. The highest BCUT2D eigenvalue weighted by molar-refractivity contribution is 7.09. The van der Waals surface area contributed by atoms with Crippen molar-refractivity contribution in [3.8, 4) is 0 Å². The second-order valence-electron chi connectivity index (χ2n) is 6.20. The molecule has 6 heteroatoms. The van der Waals surface area contributed by atoms with E-state index in [0.29, 0.717) is 23.6 Å². The van der Waals surface area contributed by atoms with E-state index in [0.717, 1.165) is 30.1 Å². The summed E-state index contributed by atoms with van der Waals surface area (Å²) in [4.78, 5) is 30.7. The highest BCUT2D eigenvalue weighted by Gasteiger charge is 2.27. The first-order chi connectivity index (χ1) is 11.5. The van der Waals surface area contributed by atoms with Crippen molar-refractivity contribution in [3.05, 3.63) is 51.5 Å². The van der Waals surface area contributed by atoms with Crippen molar-refractivity contribution in [2.75, 3.05) is 13.1 Å². The average Bonchev–Trinajstić information content (AvgIpc) is 3.02. The minimum atomic E-state index is -0.492. The van der Waals surface area contributed by atoms with Crippen molar-refractivity contribution in [1.82, 2.24) is 9.88 Å². The fourth-order valence-electron chi connectivity index (χ4n) is 3.15. The monoisotopic (exact) mass is 343 g/mol. The lowest BCUT2D eigenvalue weighted by Crippen LogP contribution is -2.40. The van der Waals surface area contributed by atoms with Gasteiger partial charge in [0, 0.05) is 35.6 Å². The standard InChI is InChI=1S/C18H21N3O2S/c1-12-11-24-18(20-12)14-6-4-8-21(10-14)16(22)9-13-5-2-3-7-15(13)17(19)23/h2-3,5,7,11,14H,4,6,8-10H2,1H3,(H2,19,23)/t14-/m0/s1. The Kier molecular flexibility index (Phi) is 4.94. The molecule has 1 aromatic carbocycles. The molecule has 126 valence electrons. The number of nitrogens with two attached hydrogens (primary N) is 1. The number of hydrogen-bond donors (Lipinski definition) is 1. The number of nitrogens with zero attached hydrogens (tertiary/aromatic N) is 2. The van der Waals surface area contributed by atoms with Gasteiger partial charge >= 0.3 is 0 Å². The van der Waals surface area contributed by atoms with Crippen LogP contribution in [0.25, 0.3) is 0 Å². The topological polar surface area (TPSA) is 76.3 Å². The Hall–Kier alpha value is -2.21. The number of piperidine rings is 1. The summed E-state index contributed by atoms with van der Waals surface area (Å²) in [5.41, 5.74) is 7.56. The number of carbonyl (C=O) groups is 2. The molecule has 2 N–H and O–H groups in total. The Morgan fingerprint density at radius 2 is 2.17 bits per heavy atom. The largest absolute Gasteiger partial charge is 0.366 e. The molecule has 3 rings (SSSR count). The summed E-state index contributed by atoms with van der Waals surface area (Å²) < 4.78 is 0. The van der Waals surface area contributed by atoms with E-state index in [1.165, 1.54) is 0 Å². The lowest BCUT2D eigenvalue weighted by atomic mass is 9.97. The Morgan fingerprint density at radius 1 is 1.38 bits per heavy atom. The van der Waals surface area contributed by atoms with E-state index in [9.17, 15) is 9.59 Å². The number of benzene rings is 1. The van der Waals surface area contributed by atoms with E-state index in [4.69, 9.17) is 5.73 Å². The lowest BCUT2D eigenvalue weighted by Gasteiger charge is -2.32. The van der Waals surface area contributed by atoms with Gasteiger partial charge in [0.1, 0.15) is 0 Å². The first-order valence-electron chi connectivity index (χ1n) is 8.12. The molecular formula is C18H21N3O2S. The minimum absolute atomic E-state index is 0.0432. The van der Waals surface area contributed by atoms with Crippen LogP contribution in [0.15, 0.2) is 29.6 Å². The van der Waals surface area contributed by atoms with Crippen molar-refractivity contribution >= 4 is 23.2 Å². The first-order valence-corrected chi connectivity index (χ1v) is 9.00. The van der Waals surface area contributed by atoms with Gasteiger partial charge in [0.05, 0.1) is 11.4 Å². The number of likely N-dealkylation sites (tertiary alicyclic amines) is 1. The van der Waals surface area contributed by atoms with Crippen molar-refractivity contribution in [3.63, 3.8) is 0 Å². The molecule has 1 aromatic heterocycles. The molecule has 0 unspecified atom stereocenters. The van der Waals surface area contributed by atoms with Crippen molar-refractivity contribution in [2.24, 2.45) is 5.73 Å². The highest BCUT2D eigenvalue weighted by atomic mass is 32.1. The molecule has 1 fully saturated rings. The van der Waals surface area contributed by atoms with Gasteiger partial charge in [-0.15, -0.1) is 11.3 Å². The molecular weight excluding hydrogens is 322 g/mol. The van der Waals surface area contributed by atoms with Gasteiger partial charge in [-0.1, -0.05) is 18.2 Å². The summed E-state index contributed by atoms with van der Waals surface area (Å²) in [6.45, 7) is 3.45. The molecule has 0 spiro atoms. The second-order valence-corrected chi connectivity index (χ2v) is 7.09. The normalized spacial score (nSPS) is 17.7. The van der Waals surface area contributed by atoms with Crippen LogP contribution in [0, 0.1) is 6.92 Å². The van der Waals surface area contributed by atoms with Crippen LogP contribution in [-0.4, -0.2) is 34.8 Å². The van der Waals surface area contributed by atoms with Gasteiger partial charge < -0.3 is 10.6 Å². The van der Waals surface area contributed by atoms with Crippen LogP contribution in [0.1, 0.15) is 45.4 Å². The fourth-order valence-corrected chi connectivity index (χ4v) is 4.08. The number of carbonyl (C=O) groups excluding carboxylic acids is 2. The minimum Gasteiger partial charge on any atom is -0.366 e. The van der Waals surface area contributed by atoms with Gasteiger partial charge in [0.2, 0.25) is 11.8 Å².